The zero-order valence-electron chi connectivity index (χ0n) is 14.8. The molecule has 1 atom stereocenters. The van der Waals surface area contributed by atoms with Crippen LogP contribution in [0.1, 0.15) is 18.9 Å². The number of hydrogen-bond donors (Lipinski definition) is 2. The molecule has 26 heavy (non-hydrogen) atoms. The van der Waals surface area contributed by atoms with Crippen molar-refractivity contribution in [3.8, 4) is 33.8 Å². The lowest BCUT2D eigenvalue weighted by atomic mass is 9.98. The molecule has 0 bridgehead atoms. The molecule has 0 saturated heterocycles. The summed E-state index contributed by atoms with van der Waals surface area (Å²) in [5, 5.41) is 20.3. The minimum atomic E-state index is 0.0717. The van der Waals surface area contributed by atoms with Gasteiger partial charge in [-0.1, -0.05) is 69.9 Å². The number of rotatable bonds is 5. The highest BCUT2D eigenvalue weighted by molar-refractivity contribution is 7.28. The lowest BCUT2D eigenvalue weighted by Gasteiger charge is -2.10. The fourth-order valence-electron chi connectivity index (χ4n) is 2.95. The SMILES string of the molecule is C/C=C/CCc1ccc(-c2ccc(-c3ccc(O)c(P)c3O)cc2)cc1. The third kappa shape index (κ3) is 3.98. The summed E-state index contributed by atoms with van der Waals surface area (Å²) in [7, 11) is 2.37. The Balaban J connectivity index is 1.80. The van der Waals surface area contributed by atoms with E-state index < -0.39 is 0 Å². The zero-order valence-corrected chi connectivity index (χ0v) is 16.0. The van der Waals surface area contributed by atoms with E-state index in [0.29, 0.717) is 10.9 Å². The van der Waals surface area contributed by atoms with Gasteiger partial charge in [-0.3, -0.25) is 0 Å². The molecule has 0 radical (unpaired) electrons. The van der Waals surface area contributed by atoms with Crippen molar-refractivity contribution in [2.75, 3.05) is 0 Å². The summed E-state index contributed by atoms with van der Waals surface area (Å²) < 4.78 is 0. The zero-order chi connectivity index (χ0) is 18.5. The van der Waals surface area contributed by atoms with E-state index >= 15 is 0 Å². The van der Waals surface area contributed by atoms with Gasteiger partial charge in [0.05, 0.1) is 5.30 Å². The van der Waals surface area contributed by atoms with Crippen LogP contribution in [0.3, 0.4) is 0 Å². The first-order valence-corrected chi connectivity index (χ1v) is 9.29. The van der Waals surface area contributed by atoms with Crippen molar-refractivity contribution in [3.05, 3.63) is 78.4 Å². The summed E-state index contributed by atoms with van der Waals surface area (Å²) in [6.07, 6.45) is 6.40. The largest absolute Gasteiger partial charge is 0.507 e. The number of allylic oxidation sites excluding steroid dienone is 2. The third-order valence-electron chi connectivity index (χ3n) is 4.51. The van der Waals surface area contributed by atoms with Gasteiger partial charge in [-0.15, -0.1) is 0 Å². The summed E-state index contributed by atoms with van der Waals surface area (Å²) in [5.74, 6) is 0.163. The van der Waals surface area contributed by atoms with Crippen LogP contribution in [-0.4, -0.2) is 10.2 Å². The number of hydrogen-bond acceptors (Lipinski definition) is 2. The molecule has 0 aliphatic carbocycles. The Kier molecular flexibility index (Phi) is 5.75. The van der Waals surface area contributed by atoms with Gasteiger partial charge in [0.1, 0.15) is 11.5 Å². The highest BCUT2D eigenvalue weighted by Crippen LogP contribution is 2.33. The number of aryl methyl sites for hydroxylation is 1. The fraction of sp³-hybridized carbons (Fsp3) is 0.130. The van der Waals surface area contributed by atoms with Crippen LogP contribution >= 0.6 is 9.24 Å². The Morgan fingerprint density at radius 3 is 2.00 bits per heavy atom. The molecular weight excluding hydrogens is 339 g/mol. The summed E-state index contributed by atoms with van der Waals surface area (Å²) in [6, 6.07) is 20.1. The first-order valence-electron chi connectivity index (χ1n) is 8.71. The maximum Gasteiger partial charge on any atom is 0.134 e. The maximum atomic E-state index is 10.3. The van der Waals surface area contributed by atoms with Crippen molar-refractivity contribution < 1.29 is 10.2 Å². The number of benzene rings is 3. The van der Waals surface area contributed by atoms with Gasteiger partial charge in [-0.05, 0) is 54.2 Å². The predicted octanol–water partition coefficient (Wildman–Crippen LogP) is 5.44. The van der Waals surface area contributed by atoms with Crippen LogP contribution in [0.25, 0.3) is 22.3 Å². The van der Waals surface area contributed by atoms with E-state index in [1.807, 2.05) is 19.1 Å². The van der Waals surface area contributed by atoms with E-state index in [4.69, 9.17) is 0 Å². The second-order valence-electron chi connectivity index (χ2n) is 6.28. The van der Waals surface area contributed by atoms with Crippen LogP contribution < -0.4 is 5.30 Å². The molecule has 0 fully saturated rings. The molecule has 0 aliphatic heterocycles. The summed E-state index contributed by atoms with van der Waals surface area (Å²) in [5.41, 5.74) is 5.27. The quantitative estimate of drug-likeness (QED) is 0.469. The molecule has 3 rings (SSSR count). The first kappa shape index (κ1) is 18.2. The van der Waals surface area contributed by atoms with Gasteiger partial charge in [-0.25, -0.2) is 0 Å². The fourth-order valence-corrected chi connectivity index (χ4v) is 3.20. The van der Waals surface area contributed by atoms with Gasteiger partial charge in [-0.2, -0.15) is 0 Å². The minimum absolute atomic E-state index is 0.0717. The van der Waals surface area contributed by atoms with E-state index in [2.05, 4.69) is 57.8 Å². The average Bonchev–Trinajstić information content (AvgIpc) is 2.67. The van der Waals surface area contributed by atoms with Crippen LogP contribution in [0.15, 0.2) is 72.8 Å². The van der Waals surface area contributed by atoms with Crippen molar-refractivity contribution in [1.29, 1.82) is 0 Å². The lowest BCUT2D eigenvalue weighted by Crippen LogP contribution is -1.94. The molecule has 1 unspecified atom stereocenters. The molecule has 2 nitrogen and oxygen atoms in total. The van der Waals surface area contributed by atoms with Crippen LogP contribution in [0.4, 0.5) is 0 Å². The molecule has 3 heteroatoms. The van der Waals surface area contributed by atoms with Crippen molar-refractivity contribution in [1.82, 2.24) is 0 Å². The predicted molar refractivity (Wildman–Crippen MR) is 113 cm³/mol. The van der Waals surface area contributed by atoms with Gasteiger partial charge in [0.25, 0.3) is 0 Å². The third-order valence-corrected chi connectivity index (χ3v) is 5.08. The number of phenols is 2. The van der Waals surface area contributed by atoms with Gasteiger partial charge in [0.15, 0.2) is 0 Å². The summed E-state index contributed by atoms with van der Waals surface area (Å²) in [6.45, 7) is 2.05. The second-order valence-corrected chi connectivity index (χ2v) is 6.85. The molecule has 0 amide bonds. The van der Waals surface area contributed by atoms with Gasteiger partial charge in [0.2, 0.25) is 0 Å². The normalized spacial score (nSPS) is 11.2. The molecule has 3 aromatic rings. The van der Waals surface area contributed by atoms with Crippen LogP contribution in [0.5, 0.6) is 11.5 Å². The smallest absolute Gasteiger partial charge is 0.134 e. The van der Waals surface area contributed by atoms with E-state index in [1.54, 1.807) is 12.1 Å². The van der Waals surface area contributed by atoms with Crippen molar-refractivity contribution in [2.45, 2.75) is 19.8 Å². The van der Waals surface area contributed by atoms with Gasteiger partial charge < -0.3 is 10.2 Å². The minimum Gasteiger partial charge on any atom is -0.507 e. The Hall–Kier alpha value is -2.57. The molecule has 0 heterocycles. The standard InChI is InChI=1S/C23H23O2P/c1-2-3-4-5-16-6-8-17(9-7-16)18-10-12-19(13-11-18)20-14-15-21(24)23(26)22(20)25/h2-3,6-15,24-25H,4-5,26H2,1H3/b3-2+. The molecular formula is C23H23O2P. The highest BCUT2D eigenvalue weighted by atomic mass is 31.0. The van der Waals surface area contributed by atoms with Crippen molar-refractivity contribution in [3.63, 3.8) is 0 Å². The molecule has 2 N–H and O–H groups in total. The van der Waals surface area contributed by atoms with Crippen LogP contribution in [0.2, 0.25) is 0 Å². The van der Waals surface area contributed by atoms with Gasteiger partial charge in [0, 0.05) is 5.56 Å². The Bertz CT molecular complexity index is 910. The van der Waals surface area contributed by atoms with Gasteiger partial charge >= 0.3 is 0 Å². The van der Waals surface area contributed by atoms with E-state index in [9.17, 15) is 10.2 Å². The lowest BCUT2D eigenvalue weighted by molar-refractivity contribution is 0.460. The van der Waals surface area contributed by atoms with Crippen LogP contribution in [-0.2, 0) is 6.42 Å². The second kappa shape index (κ2) is 8.21. The molecule has 132 valence electrons. The van der Waals surface area contributed by atoms with Crippen molar-refractivity contribution >= 4 is 14.5 Å². The highest BCUT2D eigenvalue weighted by Gasteiger charge is 2.10. The van der Waals surface area contributed by atoms with E-state index in [0.717, 1.165) is 24.0 Å². The monoisotopic (exact) mass is 362 g/mol. The Labute approximate surface area is 157 Å². The Morgan fingerprint density at radius 2 is 1.38 bits per heavy atom. The van der Waals surface area contributed by atoms with Crippen molar-refractivity contribution in [2.24, 2.45) is 0 Å². The molecule has 0 saturated carbocycles. The topological polar surface area (TPSA) is 40.5 Å². The summed E-state index contributed by atoms with van der Waals surface area (Å²) >= 11 is 0. The van der Waals surface area contributed by atoms with Crippen LogP contribution in [0, 0.1) is 0 Å². The number of aromatic hydroxyl groups is 2. The van der Waals surface area contributed by atoms with E-state index in [1.165, 1.54) is 11.1 Å². The molecule has 3 aromatic carbocycles. The molecule has 0 aromatic heterocycles. The Morgan fingerprint density at radius 1 is 0.808 bits per heavy atom. The molecule has 0 aliphatic rings. The average molecular weight is 362 g/mol. The molecule has 0 spiro atoms. The first-order chi connectivity index (χ1) is 12.6. The summed E-state index contributed by atoms with van der Waals surface area (Å²) in [4.78, 5) is 0. The maximum absolute atomic E-state index is 10.3. The number of phenolic OH excluding ortho intramolecular Hbond substituents is 2. The van der Waals surface area contributed by atoms with E-state index in [-0.39, 0.29) is 11.5 Å².